The van der Waals surface area contributed by atoms with Crippen LogP contribution in [0.2, 0.25) is 5.04 Å². The van der Waals surface area contributed by atoms with Crippen molar-refractivity contribution in [2.45, 2.75) is 83.7 Å². The zero-order valence-electron chi connectivity index (χ0n) is 25.1. The average molecular weight is 581 g/mol. The molecule has 0 bridgehead atoms. The molecule has 0 radical (unpaired) electrons. The van der Waals surface area contributed by atoms with Gasteiger partial charge in [-0.1, -0.05) is 95.3 Å². The SMILES string of the molecule is CCOC(=O)C[C@@]12C[C@H](O)[C@@]3(O)C(=O)OC[C@@]3(C)[C@@H]1C[C@H](O[Si](c1ccccc1)(c1ccccc1)C(C)(C)C)[C@H]2C. The summed E-state index contributed by atoms with van der Waals surface area (Å²) in [5, 5.41) is 25.2. The molecule has 41 heavy (non-hydrogen) atoms. The van der Waals surface area contributed by atoms with Crippen molar-refractivity contribution >= 4 is 30.6 Å². The van der Waals surface area contributed by atoms with E-state index in [4.69, 9.17) is 13.9 Å². The Morgan fingerprint density at radius 1 is 1.07 bits per heavy atom. The van der Waals surface area contributed by atoms with Crippen LogP contribution in [0.1, 0.15) is 60.8 Å². The molecule has 0 spiro atoms. The Hall–Kier alpha value is -2.52. The van der Waals surface area contributed by atoms with Crippen LogP contribution in [0.4, 0.5) is 0 Å². The van der Waals surface area contributed by atoms with Crippen LogP contribution in [-0.4, -0.2) is 61.5 Å². The van der Waals surface area contributed by atoms with Gasteiger partial charge < -0.3 is 24.1 Å². The van der Waals surface area contributed by atoms with Gasteiger partial charge >= 0.3 is 11.9 Å². The van der Waals surface area contributed by atoms with Gasteiger partial charge in [-0.3, -0.25) is 4.79 Å². The Morgan fingerprint density at radius 3 is 2.15 bits per heavy atom. The lowest BCUT2D eigenvalue weighted by atomic mass is 9.48. The Kier molecular flexibility index (Phi) is 7.55. The van der Waals surface area contributed by atoms with Crippen LogP contribution < -0.4 is 10.4 Å². The monoisotopic (exact) mass is 580 g/mol. The van der Waals surface area contributed by atoms with Gasteiger partial charge in [0.2, 0.25) is 0 Å². The highest BCUT2D eigenvalue weighted by Gasteiger charge is 2.77. The van der Waals surface area contributed by atoms with Crippen molar-refractivity contribution in [1.82, 2.24) is 0 Å². The third kappa shape index (κ3) is 4.24. The van der Waals surface area contributed by atoms with E-state index in [1.807, 2.05) is 43.3 Å². The smallest absolute Gasteiger partial charge is 0.341 e. The quantitative estimate of drug-likeness (QED) is 0.381. The van der Waals surface area contributed by atoms with Crippen LogP contribution >= 0.6 is 0 Å². The highest BCUT2D eigenvalue weighted by atomic mass is 28.4. The minimum absolute atomic E-state index is 0.0205. The van der Waals surface area contributed by atoms with Crippen molar-refractivity contribution < 1.29 is 33.7 Å². The lowest BCUT2D eigenvalue weighted by Crippen LogP contribution is -2.68. The van der Waals surface area contributed by atoms with Gasteiger partial charge in [0.15, 0.2) is 5.60 Å². The molecule has 5 rings (SSSR count). The second kappa shape index (κ2) is 10.3. The standard InChI is InChI=1S/C33H44O7Si/c1-7-38-28(35)20-32-19-27(34)33(37)29(36)39-21-31(33,6)26(32)18-25(22(32)2)40-41(30(3,4)5,23-14-10-8-11-15-23)24-16-12-9-13-17-24/h8-17,22,25-27,34,37H,7,18-21H2,1-6H3/t22-,25+,26+,27+,31+,32-,33-/m1/s1. The van der Waals surface area contributed by atoms with Crippen molar-refractivity contribution in [3.05, 3.63) is 60.7 Å². The number of ether oxygens (including phenoxy) is 2. The van der Waals surface area contributed by atoms with Crippen LogP contribution in [0.15, 0.2) is 60.7 Å². The normalized spacial score (nSPS) is 35.0. The van der Waals surface area contributed by atoms with Gasteiger partial charge in [0.25, 0.3) is 8.32 Å². The van der Waals surface area contributed by atoms with E-state index >= 15 is 0 Å². The fraction of sp³-hybridized carbons (Fsp3) is 0.576. The first-order chi connectivity index (χ1) is 19.3. The summed E-state index contributed by atoms with van der Waals surface area (Å²) >= 11 is 0. The highest BCUT2D eigenvalue weighted by Crippen LogP contribution is 2.68. The van der Waals surface area contributed by atoms with E-state index in [0.717, 1.165) is 10.4 Å². The predicted molar refractivity (Wildman–Crippen MR) is 158 cm³/mol. The van der Waals surface area contributed by atoms with Crippen molar-refractivity contribution in [3.63, 3.8) is 0 Å². The molecule has 3 aliphatic rings. The van der Waals surface area contributed by atoms with E-state index in [0.29, 0.717) is 6.42 Å². The number of aliphatic hydroxyl groups is 2. The van der Waals surface area contributed by atoms with Gasteiger partial charge in [0.05, 0.1) is 19.1 Å². The molecule has 3 fully saturated rings. The number of benzene rings is 2. The lowest BCUT2D eigenvalue weighted by molar-refractivity contribution is -0.217. The molecule has 0 amide bonds. The summed E-state index contributed by atoms with van der Waals surface area (Å²) in [4.78, 5) is 26.0. The second-order valence-corrected chi connectivity index (χ2v) is 17.8. The summed E-state index contributed by atoms with van der Waals surface area (Å²) in [7, 11) is -2.95. The van der Waals surface area contributed by atoms with E-state index in [2.05, 4.69) is 52.0 Å². The van der Waals surface area contributed by atoms with E-state index in [1.54, 1.807) is 6.92 Å². The molecule has 2 saturated carbocycles. The van der Waals surface area contributed by atoms with E-state index in [9.17, 15) is 19.8 Å². The molecule has 0 unspecified atom stereocenters. The predicted octanol–water partition coefficient (Wildman–Crippen LogP) is 3.59. The highest BCUT2D eigenvalue weighted by molar-refractivity contribution is 6.99. The number of hydrogen-bond acceptors (Lipinski definition) is 7. The van der Waals surface area contributed by atoms with Gasteiger partial charge in [-0.25, -0.2) is 4.79 Å². The lowest BCUT2D eigenvalue weighted by Gasteiger charge is -2.56. The molecular weight excluding hydrogens is 536 g/mol. The zero-order chi connectivity index (χ0) is 29.8. The molecule has 7 atom stereocenters. The first kappa shape index (κ1) is 30.0. The third-order valence-electron chi connectivity index (χ3n) is 10.7. The largest absolute Gasteiger partial charge is 0.466 e. The number of carbonyl (C=O) groups is 2. The van der Waals surface area contributed by atoms with Gasteiger partial charge in [-0.2, -0.15) is 0 Å². The Labute approximate surface area is 244 Å². The molecule has 1 saturated heterocycles. The minimum atomic E-state index is -2.95. The number of carbonyl (C=O) groups excluding carboxylic acids is 2. The number of cyclic esters (lactones) is 1. The molecule has 8 heteroatoms. The zero-order valence-corrected chi connectivity index (χ0v) is 26.1. The van der Waals surface area contributed by atoms with E-state index in [-0.39, 0.29) is 55.0 Å². The van der Waals surface area contributed by atoms with E-state index in [1.165, 1.54) is 0 Å². The summed E-state index contributed by atoms with van der Waals surface area (Å²) < 4.78 is 18.5. The van der Waals surface area contributed by atoms with Crippen molar-refractivity contribution in [2.75, 3.05) is 13.2 Å². The Morgan fingerprint density at radius 2 is 1.63 bits per heavy atom. The number of aliphatic hydroxyl groups excluding tert-OH is 1. The molecular formula is C33H44O7Si. The second-order valence-electron chi connectivity index (χ2n) is 13.6. The van der Waals surface area contributed by atoms with Crippen LogP contribution in [0, 0.1) is 22.7 Å². The summed E-state index contributed by atoms with van der Waals surface area (Å²) in [6.45, 7) is 12.6. The molecule has 2 aromatic carbocycles. The molecule has 1 aliphatic heterocycles. The maximum atomic E-state index is 13.1. The van der Waals surface area contributed by atoms with Gasteiger partial charge in [-0.15, -0.1) is 0 Å². The number of hydrogen-bond donors (Lipinski definition) is 2. The molecule has 2 N–H and O–H groups in total. The number of esters is 2. The third-order valence-corrected chi connectivity index (χ3v) is 15.7. The molecule has 0 aromatic heterocycles. The first-order valence-corrected chi connectivity index (χ1v) is 16.7. The molecule has 1 heterocycles. The van der Waals surface area contributed by atoms with Crippen LogP contribution in [0.3, 0.4) is 0 Å². The fourth-order valence-electron chi connectivity index (χ4n) is 8.55. The fourth-order valence-corrected chi connectivity index (χ4v) is 13.3. The summed E-state index contributed by atoms with van der Waals surface area (Å²) in [5.74, 6) is -1.63. The number of fused-ring (bicyclic) bond motifs is 3. The Balaban J connectivity index is 1.66. The van der Waals surface area contributed by atoms with Crippen molar-refractivity contribution in [3.8, 4) is 0 Å². The summed E-state index contributed by atoms with van der Waals surface area (Å²) in [6.07, 6.45) is -0.998. The maximum absolute atomic E-state index is 13.1. The van der Waals surface area contributed by atoms with Gasteiger partial charge in [-0.05, 0) is 52.4 Å². The van der Waals surface area contributed by atoms with Gasteiger partial charge in [0, 0.05) is 11.5 Å². The topological polar surface area (TPSA) is 102 Å². The van der Waals surface area contributed by atoms with Crippen LogP contribution in [0.25, 0.3) is 0 Å². The first-order valence-electron chi connectivity index (χ1n) is 14.8. The molecule has 2 aromatic rings. The van der Waals surface area contributed by atoms with E-state index < -0.39 is 36.8 Å². The van der Waals surface area contributed by atoms with Crippen molar-refractivity contribution in [2.24, 2.45) is 22.7 Å². The minimum Gasteiger partial charge on any atom is -0.466 e. The van der Waals surface area contributed by atoms with Crippen LogP contribution in [0.5, 0.6) is 0 Å². The number of rotatable bonds is 7. The van der Waals surface area contributed by atoms with Gasteiger partial charge in [0.1, 0.15) is 6.61 Å². The Bertz CT molecular complexity index is 1240. The maximum Gasteiger partial charge on any atom is 0.341 e. The van der Waals surface area contributed by atoms with Crippen molar-refractivity contribution in [1.29, 1.82) is 0 Å². The molecule has 7 nitrogen and oxygen atoms in total. The summed E-state index contributed by atoms with van der Waals surface area (Å²) in [6, 6.07) is 20.8. The average Bonchev–Trinajstić information content (AvgIpc) is 3.34. The molecule has 222 valence electrons. The van der Waals surface area contributed by atoms with Crippen LogP contribution in [-0.2, 0) is 23.5 Å². The molecule has 2 aliphatic carbocycles. The summed E-state index contributed by atoms with van der Waals surface area (Å²) in [5.41, 5.74) is -3.88.